The van der Waals surface area contributed by atoms with Crippen LogP contribution in [0.15, 0.2) is 97.1 Å². The Balaban J connectivity index is 2.15. The van der Waals surface area contributed by atoms with Gasteiger partial charge >= 0.3 is 203 Å². The number of hydrogen-bond acceptors (Lipinski definition) is 4. The Hall–Kier alpha value is -3.01. The average molecular weight is 525 g/mol. The molecule has 0 radical (unpaired) electrons. The maximum absolute atomic E-state index is 10.1. The predicted molar refractivity (Wildman–Crippen MR) is 141 cm³/mol. The Labute approximate surface area is 202 Å². The van der Waals surface area contributed by atoms with E-state index in [0.29, 0.717) is 0 Å². The van der Waals surface area contributed by atoms with Gasteiger partial charge in [0.05, 0.1) is 0 Å². The first kappa shape index (κ1) is 23.2. The van der Waals surface area contributed by atoms with Crippen molar-refractivity contribution in [2.24, 2.45) is 0 Å². The van der Waals surface area contributed by atoms with E-state index < -0.39 is 5.31 Å². The maximum atomic E-state index is 10.1. The van der Waals surface area contributed by atoms with Crippen molar-refractivity contribution in [1.29, 1.82) is 0 Å². The number of benzene rings is 4. The van der Waals surface area contributed by atoms with E-state index in [0.717, 1.165) is 38.5 Å². The summed E-state index contributed by atoms with van der Waals surface area (Å²) in [6.07, 6.45) is 0. The number of aromatic hydroxyl groups is 1. The molecule has 4 aromatic rings. The number of halogens is 1. The number of methoxy groups -OCH3 is 3. The molecule has 0 saturated carbocycles. The molecule has 0 aliphatic carbocycles. The van der Waals surface area contributed by atoms with E-state index in [4.69, 9.17) is 14.2 Å². The summed E-state index contributed by atoms with van der Waals surface area (Å²) in [5.74, 6) is 2.57. The molecule has 170 valence electrons. The standard InChI is InChI=1S/C27H26BrO4P/c1-30-21-6-14-25(15-7-21)33(28,24-12-4-20(29)5-13-24,26-16-8-22(31-2)9-17-26)27-18-10-23(32-3)11-19-27/h4-19,29H,1-3H3. The molecule has 0 spiro atoms. The van der Waals surface area contributed by atoms with Crippen LogP contribution in [-0.4, -0.2) is 26.4 Å². The van der Waals surface area contributed by atoms with Crippen LogP contribution in [0.2, 0.25) is 0 Å². The zero-order chi connectivity index (χ0) is 23.5. The van der Waals surface area contributed by atoms with Gasteiger partial charge in [0.2, 0.25) is 0 Å². The van der Waals surface area contributed by atoms with Crippen LogP contribution in [0.25, 0.3) is 0 Å². The summed E-state index contributed by atoms with van der Waals surface area (Å²) in [5.41, 5.74) is 0. The number of rotatable bonds is 7. The Kier molecular flexibility index (Phi) is 6.38. The second-order valence-electron chi connectivity index (χ2n) is 7.62. The summed E-state index contributed by atoms with van der Waals surface area (Å²) in [5, 5.41) is 11.0. The first-order valence-corrected chi connectivity index (χ1v) is 14.7. The SMILES string of the molecule is COc1ccc(P(Br)(c2ccc(O)cc2)(c2ccc(OC)cc2)c2ccc(OC)cc2)cc1. The minimum absolute atomic E-state index is 0.218. The summed E-state index contributed by atoms with van der Waals surface area (Å²) in [7, 11) is 4.99. The van der Waals surface area contributed by atoms with E-state index in [9.17, 15) is 5.11 Å². The van der Waals surface area contributed by atoms with Gasteiger partial charge in [-0.3, -0.25) is 0 Å². The molecule has 0 bridgehead atoms. The van der Waals surface area contributed by atoms with Crippen molar-refractivity contribution in [2.45, 2.75) is 0 Å². The average Bonchev–Trinajstić information content (AvgIpc) is 2.89. The zero-order valence-electron chi connectivity index (χ0n) is 18.7. The Morgan fingerprint density at radius 1 is 0.485 bits per heavy atom. The Morgan fingerprint density at radius 3 is 0.970 bits per heavy atom. The monoisotopic (exact) mass is 524 g/mol. The molecule has 0 heterocycles. The molecule has 0 fully saturated rings. The third-order valence-corrected chi connectivity index (χ3v) is 16.0. The van der Waals surface area contributed by atoms with Crippen LogP contribution in [0.4, 0.5) is 0 Å². The van der Waals surface area contributed by atoms with Crippen molar-refractivity contribution in [3.05, 3.63) is 97.1 Å². The summed E-state index contributed by atoms with van der Waals surface area (Å²) in [4.78, 5) is 0. The van der Waals surface area contributed by atoms with Gasteiger partial charge in [0.15, 0.2) is 0 Å². The molecule has 0 aliphatic rings. The fourth-order valence-corrected chi connectivity index (χ4v) is 11.7. The topological polar surface area (TPSA) is 47.9 Å². The molecule has 4 nitrogen and oxygen atoms in total. The van der Waals surface area contributed by atoms with Gasteiger partial charge in [-0.2, -0.15) is 0 Å². The molecule has 0 aromatic heterocycles. The summed E-state index contributed by atoms with van der Waals surface area (Å²) in [6, 6.07) is 31.9. The first-order valence-electron chi connectivity index (χ1n) is 10.4. The number of phenolic OH excluding ortho intramolecular Hbond substituents is 1. The van der Waals surface area contributed by atoms with E-state index in [1.54, 1.807) is 33.5 Å². The third kappa shape index (κ3) is 3.76. The summed E-state index contributed by atoms with van der Waals surface area (Å²) >= 11 is 4.42. The second kappa shape index (κ2) is 9.09. The van der Waals surface area contributed by atoms with Crippen LogP contribution in [0, 0.1) is 0 Å². The van der Waals surface area contributed by atoms with Gasteiger partial charge < -0.3 is 0 Å². The predicted octanol–water partition coefficient (Wildman–Crippen LogP) is 4.88. The van der Waals surface area contributed by atoms with Crippen molar-refractivity contribution >= 4 is 42.0 Å². The van der Waals surface area contributed by atoms with Gasteiger partial charge in [-0.05, 0) is 0 Å². The third-order valence-electron chi connectivity index (χ3n) is 6.01. The fourth-order valence-electron chi connectivity index (χ4n) is 4.21. The van der Waals surface area contributed by atoms with Gasteiger partial charge in [-0.25, -0.2) is 0 Å². The van der Waals surface area contributed by atoms with Crippen LogP contribution < -0.4 is 35.4 Å². The van der Waals surface area contributed by atoms with E-state index in [1.165, 1.54) is 0 Å². The molecule has 1 N–H and O–H groups in total. The van der Waals surface area contributed by atoms with E-state index in [2.05, 4.69) is 51.9 Å². The molecule has 4 rings (SSSR count). The molecule has 4 aromatic carbocycles. The normalized spacial score (nSPS) is 12.4. The molecular weight excluding hydrogens is 499 g/mol. The number of phenols is 1. The summed E-state index contributed by atoms with van der Waals surface area (Å²) < 4.78 is 16.3. The molecule has 33 heavy (non-hydrogen) atoms. The second-order valence-corrected chi connectivity index (χ2v) is 16.0. The van der Waals surface area contributed by atoms with Crippen LogP contribution in [-0.2, 0) is 0 Å². The minimum atomic E-state index is -3.42. The molecule has 0 amide bonds. The van der Waals surface area contributed by atoms with Gasteiger partial charge in [0.1, 0.15) is 0 Å². The van der Waals surface area contributed by atoms with Crippen LogP contribution in [0.3, 0.4) is 0 Å². The molecule has 0 saturated heterocycles. The molecule has 0 atom stereocenters. The van der Waals surface area contributed by atoms with Crippen LogP contribution in [0.1, 0.15) is 0 Å². The quantitative estimate of drug-likeness (QED) is 0.350. The van der Waals surface area contributed by atoms with Crippen molar-refractivity contribution in [3.8, 4) is 23.0 Å². The Bertz CT molecular complexity index is 1100. The number of ether oxygens (including phenoxy) is 3. The first-order chi connectivity index (χ1) is 15.9. The molecule has 0 aliphatic heterocycles. The van der Waals surface area contributed by atoms with E-state index in [1.807, 2.05) is 48.5 Å². The van der Waals surface area contributed by atoms with Gasteiger partial charge in [-0.15, -0.1) is 0 Å². The fraction of sp³-hybridized carbons (Fsp3) is 0.111. The van der Waals surface area contributed by atoms with Gasteiger partial charge in [0, 0.05) is 0 Å². The van der Waals surface area contributed by atoms with Crippen molar-refractivity contribution in [1.82, 2.24) is 0 Å². The van der Waals surface area contributed by atoms with E-state index >= 15 is 0 Å². The van der Waals surface area contributed by atoms with Crippen molar-refractivity contribution in [2.75, 3.05) is 21.3 Å². The summed E-state index contributed by atoms with van der Waals surface area (Å²) in [6.45, 7) is 0. The molecule has 6 heteroatoms. The van der Waals surface area contributed by atoms with Gasteiger partial charge in [-0.1, -0.05) is 0 Å². The Morgan fingerprint density at radius 2 is 0.727 bits per heavy atom. The zero-order valence-corrected chi connectivity index (χ0v) is 21.2. The molecular formula is C27H26BrO4P. The number of hydrogen-bond donors (Lipinski definition) is 1. The van der Waals surface area contributed by atoms with Crippen LogP contribution >= 0.6 is 20.8 Å². The van der Waals surface area contributed by atoms with Crippen molar-refractivity contribution < 1.29 is 19.3 Å². The van der Waals surface area contributed by atoms with Crippen molar-refractivity contribution in [3.63, 3.8) is 0 Å². The molecule has 0 unspecified atom stereocenters. The van der Waals surface area contributed by atoms with Crippen LogP contribution in [0.5, 0.6) is 23.0 Å². The van der Waals surface area contributed by atoms with Gasteiger partial charge in [0.25, 0.3) is 0 Å². The van der Waals surface area contributed by atoms with E-state index in [-0.39, 0.29) is 5.75 Å².